The SMILES string of the molecule is C=C1CCC2C1C1[C@@H](C(C)C)CC[C@]21C. The minimum absolute atomic E-state index is 0.707. The lowest BCUT2D eigenvalue weighted by molar-refractivity contribution is -0.0770. The maximum atomic E-state index is 4.32. The van der Waals surface area contributed by atoms with Crippen molar-refractivity contribution in [1.29, 1.82) is 0 Å². The number of hydrogen-bond donors (Lipinski definition) is 0. The van der Waals surface area contributed by atoms with Gasteiger partial charge in [-0.15, -0.1) is 0 Å². The van der Waals surface area contributed by atoms with Gasteiger partial charge in [0.05, 0.1) is 0 Å². The van der Waals surface area contributed by atoms with E-state index in [1.807, 2.05) is 0 Å². The molecule has 0 bridgehead atoms. The Morgan fingerprint density at radius 1 is 1.33 bits per heavy atom. The Labute approximate surface area is 94.1 Å². The number of allylic oxidation sites excluding steroid dienone is 1. The summed E-state index contributed by atoms with van der Waals surface area (Å²) in [6.07, 6.45) is 5.75. The molecule has 0 heterocycles. The first-order chi connectivity index (χ1) is 7.05. The minimum atomic E-state index is 0.707. The highest BCUT2D eigenvalue weighted by atomic mass is 14.7. The van der Waals surface area contributed by atoms with Gasteiger partial charge < -0.3 is 0 Å². The zero-order valence-corrected chi connectivity index (χ0v) is 10.4. The van der Waals surface area contributed by atoms with Crippen molar-refractivity contribution in [3.8, 4) is 0 Å². The van der Waals surface area contributed by atoms with Gasteiger partial charge in [-0.05, 0) is 60.7 Å². The van der Waals surface area contributed by atoms with Crippen LogP contribution >= 0.6 is 0 Å². The van der Waals surface area contributed by atoms with Crippen molar-refractivity contribution in [3.63, 3.8) is 0 Å². The average Bonchev–Trinajstić information content (AvgIpc) is 2.62. The predicted octanol–water partition coefficient (Wildman–Crippen LogP) is 4.27. The highest BCUT2D eigenvalue weighted by Crippen LogP contribution is 2.73. The van der Waals surface area contributed by atoms with Crippen LogP contribution in [0.3, 0.4) is 0 Å². The smallest absolute Gasteiger partial charge is 0.0136 e. The fourth-order valence-corrected chi connectivity index (χ4v) is 5.27. The molecule has 5 atom stereocenters. The molecule has 0 aromatic rings. The van der Waals surface area contributed by atoms with E-state index < -0.39 is 0 Å². The summed E-state index contributed by atoms with van der Waals surface area (Å²) in [6, 6.07) is 0. The summed E-state index contributed by atoms with van der Waals surface area (Å²) < 4.78 is 0. The highest BCUT2D eigenvalue weighted by Gasteiger charge is 2.66. The van der Waals surface area contributed by atoms with Gasteiger partial charge in [0.1, 0.15) is 0 Å². The molecule has 0 radical (unpaired) electrons. The molecule has 3 unspecified atom stereocenters. The number of rotatable bonds is 1. The Bertz CT molecular complexity index is 301. The summed E-state index contributed by atoms with van der Waals surface area (Å²) in [4.78, 5) is 0. The van der Waals surface area contributed by atoms with Crippen LogP contribution in [-0.4, -0.2) is 0 Å². The molecule has 3 aliphatic rings. The van der Waals surface area contributed by atoms with Crippen LogP contribution < -0.4 is 0 Å². The van der Waals surface area contributed by atoms with Crippen molar-refractivity contribution in [3.05, 3.63) is 12.2 Å². The van der Waals surface area contributed by atoms with Gasteiger partial charge in [0.25, 0.3) is 0 Å². The fourth-order valence-electron chi connectivity index (χ4n) is 5.27. The van der Waals surface area contributed by atoms with E-state index in [1.165, 1.54) is 25.7 Å². The quantitative estimate of drug-likeness (QED) is 0.559. The van der Waals surface area contributed by atoms with Gasteiger partial charge in [-0.25, -0.2) is 0 Å². The third-order valence-corrected chi connectivity index (χ3v) is 6.01. The van der Waals surface area contributed by atoms with E-state index >= 15 is 0 Å². The first-order valence-corrected chi connectivity index (χ1v) is 6.73. The molecule has 0 aromatic heterocycles. The molecule has 0 heteroatoms. The van der Waals surface area contributed by atoms with E-state index in [9.17, 15) is 0 Å². The summed E-state index contributed by atoms with van der Waals surface area (Å²) in [5, 5.41) is 0. The topological polar surface area (TPSA) is 0 Å². The molecule has 3 aliphatic carbocycles. The van der Waals surface area contributed by atoms with Gasteiger partial charge in [0.2, 0.25) is 0 Å². The van der Waals surface area contributed by atoms with E-state index in [0.717, 1.165) is 29.6 Å². The van der Waals surface area contributed by atoms with Gasteiger partial charge in [-0.1, -0.05) is 32.9 Å². The Hall–Kier alpha value is -0.260. The summed E-state index contributed by atoms with van der Waals surface area (Å²) in [7, 11) is 0. The Kier molecular flexibility index (Phi) is 1.92. The second-order valence-electron chi connectivity index (χ2n) is 6.81. The van der Waals surface area contributed by atoms with Crippen LogP contribution in [0.25, 0.3) is 0 Å². The Morgan fingerprint density at radius 2 is 2.07 bits per heavy atom. The molecule has 0 saturated heterocycles. The Balaban J connectivity index is 1.91. The van der Waals surface area contributed by atoms with Crippen molar-refractivity contribution in [1.82, 2.24) is 0 Å². The largest absolute Gasteiger partial charge is 0.0996 e. The molecular weight excluding hydrogens is 180 g/mol. The molecular formula is C15H24. The van der Waals surface area contributed by atoms with E-state index in [2.05, 4.69) is 27.4 Å². The summed E-state index contributed by atoms with van der Waals surface area (Å²) >= 11 is 0. The van der Waals surface area contributed by atoms with Gasteiger partial charge in [0.15, 0.2) is 0 Å². The molecule has 3 fully saturated rings. The molecule has 0 aromatic carbocycles. The van der Waals surface area contributed by atoms with Crippen LogP contribution in [0.4, 0.5) is 0 Å². The van der Waals surface area contributed by atoms with Crippen LogP contribution in [0, 0.1) is 35.0 Å². The van der Waals surface area contributed by atoms with E-state index in [0.29, 0.717) is 5.41 Å². The third kappa shape index (κ3) is 1.04. The predicted molar refractivity (Wildman–Crippen MR) is 64.5 cm³/mol. The summed E-state index contributed by atoms with van der Waals surface area (Å²) in [5.74, 6) is 4.80. The van der Waals surface area contributed by atoms with Crippen molar-refractivity contribution in [2.45, 2.75) is 46.5 Å². The molecule has 3 rings (SSSR count). The molecule has 84 valence electrons. The lowest BCUT2D eigenvalue weighted by Gasteiger charge is -2.57. The summed E-state index contributed by atoms with van der Waals surface area (Å²) in [5.41, 5.74) is 2.30. The summed E-state index contributed by atoms with van der Waals surface area (Å²) in [6.45, 7) is 11.7. The average molecular weight is 204 g/mol. The van der Waals surface area contributed by atoms with Crippen LogP contribution in [0.5, 0.6) is 0 Å². The van der Waals surface area contributed by atoms with Gasteiger partial charge in [0, 0.05) is 0 Å². The lowest BCUT2D eigenvalue weighted by Crippen LogP contribution is -2.52. The van der Waals surface area contributed by atoms with E-state index in [-0.39, 0.29) is 0 Å². The van der Waals surface area contributed by atoms with Crippen molar-refractivity contribution < 1.29 is 0 Å². The zero-order valence-electron chi connectivity index (χ0n) is 10.4. The number of hydrogen-bond acceptors (Lipinski definition) is 0. The van der Waals surface area contributed by atoms with Crippen LogP contribution in [-0.2, 0) is 0 Å². The monoisotopic (exact) mass is 204 g/mol. The lowest BCUT2D eigenvalue weighted by atomic mass is 9.47. The Morgan fingerprint density at radius 3 is 2.73 bits per heavy atom. The molecule has 0 nitrogen and oxygen atoms in total. The first kappa shape index (κ1) is 9.93. The minimum Gasteiger partial charge on any atom is -0.0996 e. The molecule has 0 spiro atoms. The molecule has 0 N–H and O–H groups in total. The van der Waals surface area contributed by atoms with Crippen molar-refractivity contribution in [2.75, 3.05) is 0 Å². The van der Waals surface area contributed by atoms with E-state index in [1.54, 1.807) is 5.57 Å². The normalized spacial score (nSPS) is 52.9. The zero-order chi connectivity index (χ0) is 10.8. The number of fused-ring (bicyclic) bond motifs is 4. The van der Waals surface area contributed by atoms with Gasteiger partial charge in [-0.3, -0.25) is 0 Å². The molecule has 0 aliphatic heterocycles. The van der Waals surface area contributed by atoms with Crippen molar-refractivity contribution >= 4 is 0 Å². The third-order valence-electron chi connectivity index (χ3n) is 6.01. The second kappa shape index (κ2) is 2.90. The maximum Gasteiger partial charge on any atom is -0.0136 e. The molecule has 15 heavy (non-hydrogen) atoms. The second-order valence-corrected chi connectivity index (χ2v) is 6.81. The van der Waals surface area contributed by atoms with Gasteiger partial charge >= 0.3 is 0 Å². The molecule has 0 amide bonds. The van der Waals surface area contributed by atoms with Crippen molar-refractivity contribution in [2.24, 2.45) is 35.0 Å². The standard InChI is InChI=1S/C15H24/c1-9(2)11-7-8-15(4)12-6-5-10(3)13(12)14(11)15/h9,11-14H,3,5-8H2,1-2,4H3/t11-,12?,13?,14?,15-/m1/s1. The fraction of sp³-hybridized carbons (Fsp3) is 0.867. The highest BCUT2D eigenvalue weighted by molar-refractivity contribution is 5.25. The maximum absolute atomic E-state index is 4.32. The first-order valence-electron chi connectivity index (χ1n) is 6.73. The van der Waals surface area contributed by atoms with Crippen LogP contribution in [0.1, 0.15) is 46.5 Å². The van der Waals surface area contributed by atoms with Crippen LogP contribution in [0.15, 0.2) is 12.2 Å². The van der Waals surface area contributed by atoms with Gasteiger partial charge in [-0.2, -0.15) is 0 Å². The van der Waals surface area contributed by atoms with E-state index in [4.69, 9.17) is 0 Å². The molecule has 3 saturated carbocycles. The van der Waals surface area contributed by atoms with Crippen LogP contribution in [0.2, 0.25) is 0 Å².